The molecule has 3 unspecified atom stereocenters. The molecule has 1 aromatic carbocycles. The summed E-state index contributed by atoms with van der Waals surface area (Å²) in [6.45, 7) is -0.416. The van der Waals surface area contributed by atoms with Crippen molar-refractivity contribution >= 4 is 35.5 Å². The lowest BCUT2D eigenvalue weighted by Crippen LogP contribution is -2.41. The second-order valence-electron chi connectivity index (χ2n) is 7.75. The number of benzene rings is 1. The van der Waals surface area contributed by atoms with E-state index < -0.39 is 23.7 Å². The minimum absolute atomic E-state index is 0.108. The maximum absolute atomic E-state index is 12.8. The predicted molar refractivity (Wildman–Crippen MR) is 121 cm³/mol. The number of unbranched alkanes of at least 4 members (excludes halogenated alkanes) is 1. The van der Waals surface area contributed by atoms with Crippen molar-refractivity contribution in [2.75, 3.05) is 27.1 Å². The summed E-state index contributed by atoms with van der Waals surface area (Å²) in [6.07, 6.45) is 1.73. The molecule has 3 amide bonds. The second kappa shape index (κ2) is 11.3. The van der Waals surface area contributed by atoms with Gasteiger partial charge in [0.2, 0.25) is 0 Å². The average molecular weight is 498 g/mol. The molecule has 0 saturated carbocycles. The van der Waals surface area contributed by atoms with Crippen LogP contribution in [0.25, 0.3) is 0 Å². The fourth-order valence-electron chi connectivity index (χ4n) is 4.07. The van der Waals surface area contributed by atoms with E-state index >= 15 is 0 Å². The molecule has 0 bridgehead atoms. The smallest absolute Gasteiger partial charge is 0.418 e. The lowest BCUT2D eigenvalue weighted by atomic mass is 10.0. The highest BCUT2D eigenvalue weighted by molar-refractivity contribution is 8.00. The Hall–Kier alpha value is -3.22. The maximum atomic E-state index is 12.8. The first kappa shape index (κ1) is 25.4. The molecule has 2 fully saturated rings. The lowest BCUT2D eigenvalue weighted by molar-refractivity contribution is -0.385. The number of hydrogen-bond acceptors (Lipinski definition) is 10. The van der Waals surface area contributed by atoms with Gasteiger partial charge in [-0.25, -0.2) is 14.5 Å². The Balaban J connectivity index is 1.61. The van der Waals surface area contributed by atoms with Crippen molar-refractivity contribution in [3.05, 3.63) is 27.8 Å². The van der Waals surface area contributed by atoms with Gasteiger partial charge in [0, 0.05) is 17.4 Å². The van der Waals surface area contributed by atoms with Crippen LogP contribution in [0.3, 0.4) is 0 Å². The Labute approximate surface area is 200 Å². The fourth-order valence-corrected chi connectivity index (χ4v) is 5.66. The minimum Gasteiger partial charge on any atom is -0.493 e. The standard InChI is InChI=1S/C21H27N3O9S/c1-30-15-8-12(13(24(28)29)9-16(15)31-2)10-33-21(27)23-14-11-34-17(19(14)22-20(23)26)6-4-5-7-18(25)32-3/h8-9,14,17,19H,4-7,10-11H2,1-3H3,(H,22,26). The Morgan fingerprint density at radius 3 is 2.56 bits per heavy atom. The SMILES string of the molecule is COC(=O)CCCCC1SCC2C1NC(=O)N2C(=O)OCc1cc(OC)c(OC)cc1[N+](=O)[O-]. The van der Waals surface area contributed by atoms with Crippen LogP contribution in [0.5, 0.6) is 11.5 Å². The third-order valence-electron chi connectivity index (χ3n) is 5.81. The molecule has 3 rings (SSSR count). The summed E-state index contributed by atoms with van der Waals surface area (Å²) < 4.78 is 20.2. The molecule has 0 radical (unpaired) electrons. The van der Waals surface area contributed by atoms with Crippen LogP contribution in [-0.4, -0.2) is 72.3 Å². The molecule has 0 aromatic heterocycles. The van der Waals surface area contributed by atoms with Gasteiger partial charge in [0.05, 0.1) is 50.0 Å². The molecule has 1 aromatic rings. The zero-order chi connectivity index (χ0) is 24.8. The van der Waals surface area contributed by atoms with Gasteiger partial charge >= 0.3 is 18.1 Å². The minimum atomic E-state index is -0.874. The number of nitrogens with one attached hydrogen (secondary N) is 1. The van der Waals surface area contributed by atoms with Crippen molar-refractivity contribution in [1.29, 1.82) is 0 Å². The van der Waals surface area contributed by atoms with Crippen LogP contribution in [-0.2, 0) is 20.9 Å². The van der Waals surface area contributed by atoms with Crippen LogP contribution in [0.4, 0.5) is 15.3 Å². The quantitative estimate of drug-likeness (QED) is 0.168. The largest absolute Gasteiger partial charge is 0.493 e. The van der Waals surface area contributed by atoms with Crippen molar-refractivity contribution < 1.29 is 38.3 Å². The van der Waals surface area contributed by atoms with Gasteiger partial charge in [-0.1, -0.05) is 6.42 Å². The summed E-state index contributed by atoms with van der Waals surface area (Å²) in [5, 5.41) is 14.4. The number of rotatable bonds is 10. The zero-order valence-corrected chi connectivity index (χ0v) is 19.9. The second-order valence-corrected chi connectivity index (χ2v) is 9.03. The van der Waals surface area contributed by atoms with Crippen LogP contribution in [0.2, 0.25) is 0 Å². The molecule has 3 atom stereocenters. The highest BCUT2D eigenvalue weighted by Gasteiger charge is 2.51. The van der Waals surface area contributed by atoms with E-state index in [2.05, 4.69) is 10.1 Å². The molecule has 186 valence electrons. The number of carbonyl (C=O) groups excluding carboxylic acids is 3. The van der Waals surface area contributed by atoms with Crippen molar-refractivity contribution in [3.8, 4) is 11.5 Å². The van der Waals surface area contributed by atoms with Crippen LogP contribution in [0, 0.1) is 10.1 Å². The normalized spacial score (nSPS) is 21.0. The van der Waals surface area contributed by atoms with E-state index in [1.54, 1.807) is 11.8 Å². The first-order valence-corrected chi connectivity index (χ1v) is 11.7. The number of nitrogens with zero attached hydrogens (tertiary/aromatic N) is 2. The topological polar surface area (TPSA) is 147 Å². The number of methoxy groups -OCH3 is 3. The van der Waals surface area contributed by atoms with Crippen LogP contribution < -0.4 is 14.8 Å². The third kappa shape index (κ3) is 5.46. The van der Waals surface area contributed by atoms with Crippen LogP contribution >= 0.6 is 11.8 Å². The summed E-state index contributed by atoms with van der Waals surface area (Å²) in [6, 6.07) is 1.41. The van der Waals surface area contributed by atoms with Gasteiger partial charge in [-0.3, -0.25) is 14.9 Å². The number of hydrogen-bond donors (Lipinski definition) is 1. The van der Waals surface area contributed by atoms with E-state index in [0.29, 0.717) is 18.6 Å². The Kier molecular flexibility index (Phi) is 8.42. The number of carbonyl (C=O) groups is 3. The Morgan fingerprint density at radius 2 is 1.91 bits per heavy atom. The molecular weight excluding hydrogens is 470 g/mol. The van der Waals surface area contributed by atoms with E-state index in [9.17, 15) is 24.5 Å². The van der Waals surface area contributed by atoms with Gasteiger partial charge in [0.1, 0.15) is 6.61 Å². The number of esters is 1. The van der Waals surface area contributed by atoms with Gasteiger partial charge in [0.15, 0.2) is 11.5 Å². The van der Waals surface area contributed by atoms with E-state index in [1.165, 1.54) is 33.5 Å². The summed E-state index contributed by atoms with van der Waals surface area (Å²) in [7, 11) is 4.10. The number of nitro groups is 1. The number of urea groups is 1. The highest BCUT2D eigenvalue weighted by atomic mass is 32.2. The number of nitro benzene ring substituents is 1. The molecule has 13 heteroatoms. The number of thioether (sulfide) groups is 1. The maximum Gasteiger partial charge on any atom is 0.418 e. The number of ether oxygens (including phenoxy) is 4. The molecule has 12 nitrogen and oxygen atoms in total. The molecule has 0 aliphatic carbocycles. The summed E-state index contributed by atoms with van der Waals surface area (Å²) in [5.41, 5.74) is -0.186. The first-order chi connectivity index (χ1) is 16.3. The van der Waals surface area contributed by atoms with Gasteiger partial charge in [-0.05, 0) is 18.9 Å². The molecule has 0 spiro atoms. The molecule has 34 heavy (non-hydrogen) atoms. The lowest BCUT2D eigenvalue weighted by Gasteiger charge is -2.20. The van der Waals surface area contributed by atoms with Crippen molar-refractivity contribution in [3.63, 3.8) is 0 Å². The zero-order valence-electron chi connectivity index (χ0n) is 19.1. The summed E-state index contributed by atoms with van der Waals surface area (Å²) >= 11 is 1.65. The monoisotopic (exact) mass is 497 g/mol. The number of amides is 3. The molecule has 1 N–H and O–H groups in total. The third-order valence-corrected chi connectivity index (χ3v) is 7.30. The Morgan fingerprint density at radius 1 is 1.21 bits per heavy atom. The molecular formula is C21H27N3O9S. The molecule has 2 aliphatic rings. The van der Waals surface area contributed by atoms with E-state index in [-0.39, 0.29) is 46.1 Å². The summed E-state index contributed by atoms with van der Waals surface area (Å²) in [5.74, 6) is 0.721. The van der Waals surface area contributed by atoms with E-state index in [4.69, 9.17) is 14.2 Å². The summed E-state index contributed by atoms with van der Waals surface area (Å²) in [4.78, 5) is 48.4. The molecule has 2 saturated heterocycles. The Bertz CT molecular complexity index is 958. The first-order valence-electron chi connectivity index (χ1n) is 10.6. The van der Waals surface area contributed by atoms with Crippen molar-refractivity contribution in [1.82, 2.24) is 10.2 Å². The van der Waals surface area contributed by atoms with E-state index in [0.717, 1.165) is 17.7 Å². The fraction of sp³-hybridized carbons (Fsp3) is 0.571. The van der Waals surface area contributed by atoms with Crippen molar-refractivity contribution in [2.24, 2.45) is 0 Å². The van der Waals surface area contributed by atoms with Crippen LogP contribution in [0.1, 0.15) is 31.2 Å². The van der Waals surface area contributed by atoms with Gasteiger partial charge < -0.3 is 24.3 Å². The average Bonchev–Trinajstić information content (AvgIpc) is 3.36. The molecule has 2 aliphatic heterocycles. The molecule has 2 heterocycles. The highest BCUT2D eigenvalue weighted by Crippen LogP contribution is 2.38. The van der Waals surface area contributed by atoms with Crippen LogP contribution in [0.15, 0.2) is 12.1 Å². The van der Waals surface area contributed by atoms with Gasteiger partial charge in [-0.2, -0.15) is 11.8 Å². The predicted octanol–water partition coefficient (Wildman–Crippen LogP) is 2.86. The van der Waals surface area contributed by atoms with Crippen molar-refractivity contribution in [2.45, 2.75) is 49.6 Å². The number of fused-ring (bicyclic) bond motifs is 1. The number of imide groups is 1. The van der Waals surface area contributed by atoms with E-state index in [1.807, 2.05) is 0 Å². The van der Waals surface area contributed by atoms with Gasteiger partial charge in [0.25, 0.3) is 5.69 Å². The van der Waals surface area contributed by atoms with Gasteiger partial charge in [-0.15, -0.1) is 0 Å².